The van der Waals surface area contributed by atoms with Crippen molar-refractivity contribution >= 4 is 11.6 Å². The minimum atomic E-state index is -0.00483. The van der Waals surface area contributed by atoms with E-state index in [2.05, 4.69) is 49.6 Å². The molecule has 0 saturated carbocycles. The summed E-state index contributed by atoms with van der Waals surface area (Å²) in [5, 5.41) is 6.28. The highest BCUT2D eigenvalue weighted by atomic mass is 16.1. The van der Waals surface area contributed by atoms with Crippen molar-refractivity contribution in [2.75, 3.05) is 11.9 Å². The Morgan fingerprint density at radius 1 is 1.00 bits per heavy atom. The molecule has 23 heavy (non-hydrogen) atoms. The Hall–Kier alpha value is -2.13. The van der Waals surface area contributed by atoms with Gasteiger partial charge in [0.1, 0.15) is 0 Å². The zero-order valence-electron chi connectivity index (χ0n) is 14.4. The normalized spacial score (nSPS) is 10.8. The number of nitrogens with one attached hydrogen (secondary N) is 2. The van der Waals surface area contributed by atoms with Gasteiger partial charge < -0.3 is 10.6 Å². The molecule has 0 heterocycles. The number of benzene rings is 2. The van der Waals surface area contributed by atoms with Gasteiger partial charge in [-0.15, -0.1) is 0 Å². The Morgan fingerprint density at radius 2 is 1.70 bits per heavy atom. The largest absolute Gasteiger partial charge is 0.324 e. The highest BCUT2D eigenvalue weighted by Gasteiger charge is 2.11. The minimum absolute atomic E-state index is 0.00483. The van der Waals surface area contributed by atoms with Crippen LogP contribution in [0.5, 0.6) is 0 Å². The Kier molecular flexibility index (Phi) is 5.94. The first-order valence-electron chi connectivity index (χ1n) is 8.13. The van der Waals surface area contributed by atoms with Crippen LogP contribution in [0.3, 0.4) is 0 Å². The van der Waals surface area contributed by atoms with Gasteiger partial charge in [-0.1, -0.05) is 56.3 Å². The molecule has 0 aliphatic rings. The number of aryl methyl sites for hydroxylation is 2. The second-order valence-electron chi connectivity index (χ2n) is 6.27. The van der Waals surface area contributed by atoms with Gasteiger partial charge in [0.05, 0.1) is 6.54 Å². The summed E-state index contributed by atoms with van der Waals surface area (Å²) in [5.74, 6) is 0.375. The molecule has 0 aliphatic carbocycles. The standard InChI is InChI=1S/C20H26N2O/c1-14(2)18-11-7-9-16(4)20(18)22-19(23)13-21-12-17-10-6-5-8-15(17)3/h5-11,14,21H,12-13H2,1-4H3,(H,22,23). The Morgan fingerprint density at radius 3 is 2.39 bits per heavy atom. The average Bonchev–Trinajstić information content (AvgIpc) is 2.51. The number of carbonyl (C=O) groups is 1. The van der Waals surface area contributed by atoms with E-state index in [9.17, 15) is 4.79 Å². The summed E-state index contributed by atoms with van der Waals surface area (Å²) < 4.78 is 0. The Bertz CT molecular complexity index is 677. The van der Waals surface area contributed by atoms with Gasteiger partial charge >= 0.3 is 0 Å². The van der Waals surface area contributed by atoms with E-state index in [1.165, 1.54) is 16.7 Å². The zero-order chi connectivity index (χ0) is 16.8. The summed E-state index contributed by atoms with van der Waals surface area (Å²) in [5.41, 5.74) is 5.69. The third-order valence-electron chi connectivity index (χ3n) is 4.05. The molecule has 2 N–H and O–H groups in total. The molecule has 2 aromatic rings. The second-order valence-corrected chi connectivity index (χ2v) is 6.27. The number of hydrogen-bond acceptors (Lipinski definition) is 2. The predicted octanol–water partition coefficient (Wildman–Crippen LogP) is 4.16. The molecule has 0 radical (unpaired) electrons. The molecule has 122 valence electrons. The lowest BCUT2D eigenvalue weighted by atomic mass is 9.98. The molecule has 1 amide bonds. The van der Waals surface area contributed by atoms with Crippen LogP contribution in [-0.2, 0) is 11.3 Å². The molecule has 0 unspecified atom stereocenters. The topological polar surface area (TPSA) is 41.1 Å². The lowest BCUT2D eigenvalue weighted by molar-refractivity contribution is -0.115. The van der Waals surface area contributed by atoms with Crippen molar-refractivity contribution in [3.8, 4) is 0 Å². The number of anilines is 1. The van der Waals surface area contributed by atoms with E-state index < -0.39 is 0 Å². The maximum Gasteiger partial charge on any atom is 0.238 e. The molecule has 3 nitrogen and oxygen atoms in total. The van der Waals surface area contributed by atoms with E-state index in [-0.39, 0.29) is 5.91 Å². The molecule has 0 spiro atoms. The fourth-order valence-corrected chi connectivity index (χ4v) is 2.65. The van der Waals surface area contributed by atoms with Crippen molar-refractivity contribution in [2.24, 2.45) is 0 Å². The molecule has 0 aliphatic heterocycles. The van der Waals surface area contributed by atoms with Crippen LogP contribution < -0.4 is 10.6 Å². The molecular weight excluding hydrogens is 284 g/mol. The van der Waals surface area contributed by atoms with Crippen molar-refractivity contribution in [2.45, 2.75) is 40.2 Å². The Labute approximate surface area is 139 Å². The molecule has 2 aromatic carbocycles. The maximum atomic E-state index is 12.2. The number of hydrogen-bond donors (Lipinski definition) is 2. The predicted molar refractivity (Wildman–Crippen MR) is 96.8 cm³/mol. The average molecular weight is 310 g/mol. The molecular formula is C20H26N2O. The summed E-state index contributed by atoms with van der Waals surface area (Å²) in [6.07, 6.45) is 0. The van der Waals surface area contributed by atoms with Crippen LogP contribution in [0.4, 0.5) is 5.69 Å². The van der Waals surface area contributed by atoms with E-state index in [1.54, 1.807) is 0 Å². The molecule has 0 atom stereocenters. The van der Waals surface area contributed by atoms with Gasteiger partial charge in [0, 0.05) is 12.2 Å². The van der Waals surface area contributed by atoms with Crippen LogP contribution in [-0.4, -0.2) is 12.5 Å². The van der Waals surface area contributed by atoms with Gasteiger partial charge in [-0.05, 0) is 42.0 Å². The van der Waals surface area contributed by atoms with Crippen molar-refractivity contribution in [3.63, 3.8) is 0 Å². The van der Waals surface area contributed by atoms with Crippen LogP contribution in [0.15, 0.2) is 42.5 Å². The summed E-state index contributed by atoms with van der Waals surface area (Å²) in [6, 6.07) is 14.4. The highest BCUT2D eigenvalue weighted by Crippen LogP contribution is 2.27. The number of amides is 1. The summed E-state index contributed by atoms with van der Waals surface area (Å²) >= 11 is 0. The van der Waals surface area contributed by atoms with Crippen LogP contribution in [0.2, 0.25) is 0 Å². The fraction of sp³-hybridized carbons (Fsp3) is 0.350. The second kappa shape index (κ2) is 7.93. The smallest absolute Gasteiger partial charge is 0.238 e. The van der Waals surface area contributed by atoms with Gasteiger partial charge in [-0.2, -0.15) is 0 Å². The fourth-order valence-electron chi connectivity index (χ4n) is 2.65. The van der Waals surface area contributed by atoms with Crippen LogP contribution in [0, 0.1) is 13.8 Å². The van der Waals surface area contributed by atoms with Gasteiger partial charge in [0.2, 0.25) is 5.91 Å². The lowest BCUT2D eigenvalue weighted by Crippen LogP contribution is -2.28. The van der Waals surface area contributed by atoms with E-state index in [0.717, 1.165) is 11.3 Å². The molecule has 0 aromatic heterocycles. The summed E-state index contributed by atoms with van der Waals surface area (Å²) in [4.78, 5) is 12.2. The first kappa shape index (κ1) is 17.2. The highest BCUT2D eigenvalue weighted by molar-refractivity contribution is 5.93. The number of carbonyl (C=O) groups excluding carboxylic acids is 1. The van der Waals surface area contributed by atoms with Crippen LogP contribution >= 0.6 is 0 Å². The van der Waals surface area contributed by atoms with Crippen LogP contribution in [0.25, 0.3) is 0 Å². The van der Waals surface area contributed by atoms with Gasteiger partial charge in [-0.25, -0.2) is 0 Å². The zero-order valence-corrected chi connectivity index (χ0v) is 14.4. The summed E-state index contributed by atoms with van der Waals surface area (Å²) in [6.45, 7) is 9.40. The van der Waals surface area contributed by atoms with Crippen LogP contribution in [0.1, 0.15) is 42.0 Å². The monoisotopic (exact) mass is 310 g/mol. The first-order chi connectivity index (χ1) is 11.0. The molecule has 0 fully saturated rings. The van der Waals surface area contributed by atoms with E-state index in [0.29, 0.717) is 19.0 Å². The van der Waals surface area contributed by atoms with E-state index in [4.69, 9.17) is 0 Å². The van der Waals surface area contributed by atoms with E-state index in [1.807, 2.05) is 31.2 Å². The Balaban J connectivity index is 1.94. The van der Waals surface area contributed by atoms with E-state index >= 15 is 0 Å². The molecule has 0 bridgehead atoms. The third kappa shape index (κ3) is 4.67. The molecule has 0 saturated heterocycles. The lowest BCUT2D eigenvalue weighted by Gasteiger charge is -2.16. The summed E-state index contributed by atoms with van der Waals surface area (Å²) in [7, 11) is 0. The number of para-hydroxylation sites is 1. The van der Waals surface area contributed by atoms with Crippen molar-refractivity contribution in [3.05, 3.63) is 64.7 Å². The van der Waals surface area contributed by atoms with Crippen molar-refractivity contribution in [1.29, 1.82) is 0 Å². The van der Waals surface area contributed by atoms with Crippen molar-refractivity contribution < 1.29 is 4.79 Å². The molecule has 3 heteroatoms. The SMILES string of the molecule is Cc1ccccc1CNCC(=O)Nc1c(C)cccc1C(C)C. The third-order valence-corrected chi connectivity index (χ3v) is 4.05. The first-order valence-corrected chi connectivity index (χ1v) is 8.13. The minimum Gasteiger partial charge on any atom is -0.324 e. The maximum absolute atomic E-state index is 12.2. The number of rotatable bonds is 6. The van der Waals surface area contributed by atoms with Crippen molar-refractivity contribution in [1.82, 2.24) is 5.32 Å². The van der Waals surface area contributed by atoms with Gasteiger partial charge in [0.25, 0.3) is 0 Å². The molecule has 2 rings (SSSR count). The quantitative estimate of drug-likeness (QED) is 0.841. The van der Waals surface area contributed by atoms with Gasteiger partial charge in [-0.3, -0.25) is 4.79 Å². The van der Waals surface area contributed by atoms with Gasteiger partial charge in [0.15, 0.2) is 0 Å².